The Morgan fingerprint density at radius 1 is 1.47 bits per heavy atom. The van der Waals surface area contributed by atoms with Crippen LogP contribution in [0.3, 0.4) is 0 Å². The highest BCUT2D eigenvalue weighted by atomic mass is 16.3. The Bertz CT molecular complexity index is 531. The summed E-state index contributed by atoms with van der Waals surface area (Å²) in [5, 5.41) is 9.76. The van der Waals surface area contributed by atoms with E-state index in [2.05, 4.69) is 4.98 Å². The lowest BCUT2D eigenvalue weighted by Gasteiger charge is -2.09. The monoisotopic (exact) mass is 202 g/mol. The van der Waals surface area contributed by atoms with Gasteiger partial charge < -0.3 is 5.11 Å². The molecule has 15 heavy (non-hydrogen) atoms. The number of aromatic nitrogens is 2. The number of hydrogen-bond donors (Lipinski definition) is 1. The van der Waals surface area contributed by atoms with E-state index in [1.807, 2.05) is 0 Å². The Kier molecular flexibility index (Phi) is 1.99. The van der Waals surface area contributed by atoms with Crippen LogP contribution in [-0.4, -0.2) is 22.5 Å². The number of fused-ring (bicyclic) bond motifs is 1. The van der Waals surface area contributed by atoms with Crippen LogP contribution in [0.2, 0.25) is 0 Å². The molecule has 0 amide bonds. The minimum absolute atomic E-state index is 0.0226. The van der Waals surface area contributed by atoms with Crippen molar-refractivity contribution in [2.24, 2.45) is 7.05 Å². The maximum atomic E-state index is 11.9. The first-order valence-corrected chi connectivity index (χ1v) is 4.68. The number of rotatable bonds is 0. The lowest BCUT2D eigenvalue weighted by molar-refractivity contribution is 0.506. The van der Waals surface area contributed by atoms with Crippen LogP contribution in [-0.2, 0) is 7.05 Å². The zero-order chi connectivity index (χ0) is 11.3. The molecule has 76 valence electrons. The molecule has 1 aliphatic carbocycles. The molecule has 0 saturated heterocycles. The number of nitrogens with zero attached hydrogens (tertiary/aromatic N) is 2. The molecule has 1 aromatic rings. The van der Waals surface area contributed by atoms with Crippen LogP contribution >= 0.6 is 0 Å². The van der Waals surface area contributed by atoms with Crippen molar-refractivity contribution in [2.45, 2.75) is 19.7 Å². The average molecular weight is 202 g/mol. The smallest absolute Gasteiger partial charge is 0.264 e. The molecule has 2 radical (unpaired) electrons. The molecule has 4 nitrogen and oxygen atoms in total. The second kappa shape index (κ2) is 2.99. The first-order valence-electron chi connectivity index (χ1n) is 4.68. The van der Waals surface area contributed by atoms with Crippen molar-refractivity contribution in [2.75, 3.05) is 0 Å². The van der Waals surface area contributed by atoms with E-state index in [1.54, 1.807) is 20.9 Å². The summed E-state index contributed by atoms with van der Waals surface area (Å²) in [5.74, 6) is 0.106. The molecule has 2 rings (SSSR count). The van der Waals surface area contributed by atoms with Crippen molar-refractivity contribution >= 4 is 13.6 Å². The second-order valence-electron chi connectivity index (χ2n) is 3.79. The van der Waals surface area contributed by atoms with E-state index in [4.69, 9.17) is 7.85 Å². The molecule has 0 spiro atoms. The molecular weight excluding hydrogens is 191 g/mol. The van der Waals surface area contributed by atoms with Gasteiger partial charge in [-0.2, -0.15) is 0 Å². The summed E-state index contributed by atoms with van der Waals surface area (Å²) in [6, 6.07) is 0. The van der Waals surface area contributed by atoms with E-state index in [1.165, 1.54) is 4.57 Å². The van der Waals surface area contributed by atoms with Crippen LogP contribution in [0, 0.1) is 6.92 Å². The molecule has 0 bridgehead atoms. The fraction of sp³-hybridized carbons (Fsp3) is 0.400. The first-order chi connectivity index (χ1) is 6.95. The summed E-state index contributed by atoms with van der Waals surface area (Å²) in [5.41, 5.74) is 1.07. The highest BCUT2D eigenvalue weighted by Crippen LogP contribution is 2.34. The topological polar surface area (TPSA) is 55.1 Å². The van der Waals surface area contributed by atoms with Crippen LogP contribution in [0.1, 0.15) is 29.8 Å². The highest BCUT2D eigenvalue weighted by molar-refractivity contribution is 6.16. The van der Waals surface area contributed by atoms with Crippen molar-refractivity contribution < 1.29 is 5.11 Å². The quantitative estimate of drug-likeness (QED) is 0.626. The van der Waals surface area contributed by atoms with Crippen molar-refractivity contribution in [3.63, 3.8) is 0 Å². The van der Waals surface area contributed by atoms with Gasteiger partial charge in [-0.25, -0.2) is 4.98 Å². The molecule has 1 unspecified atom stereocenters. The molecule has 1 heterocycles. The fourth-order valence-corrected chi connectivity index (χ4v) is 1.73. The van der Waals surface area contributed by atoms with Gasteiger partial charge in [-0.1, -0.05) is 0 Å². The minimum atomic E-state index is -0.465. The number of allylic oxidation sites excluding steroid dienone is 1. The van der Waals surface area contributed by atoms with Gasteiger partial charge >= 0.3 is 0 Å². The van der Waals surface area contributed by atoms with Crippen LogP contribution in [0.25, 0.3) is 5.76 Å². The van der Waals surface area contributed by atoms with Crippen molar-refractivity contribution in [1.82, 2.24) is 9.55 Å². The molecule has 1 atom stereocenters. The lowest BCUT2D eigenvalue weighted by Crippen LogP contribution is -2.25. The zero-order valence-corrected chi connectivity index (χ0v) is 8.90. The number of hydrogen-bond acceptors (Lipinski definition) is 3. The Hall–Kier alpha value is -1.52. The maximum Gasteiger partial charge on any atom is 0.264 e. The van der Waals surface area contributed by atoms with Crippen molar-refractivity contribution in [3.8, 4) is 0 Å². The molecule has 0 fully saturated rings. The Balaban J connectivity index is 2.86. The summed E-state index contributed by atoms with van der Waals surface area (Å²) in [4.78, 5) is 16.1. The van der Waals surface area contributed by atoms with E-state index in [9.17, 15) is 9.90 Å². The van der Waals surface area contributed by atoms with E-state index >= 15 is 0 Å². The predicted molar refractivity (Wildman–Crippen MR) is 57.9 cm³/mol. The standard InChI is InChI=1S/C10H11BN2O2/c1-4-7(11)8-6(9(4)14)10(15)13(3)5(2)12-8/h7,14H,1-3H3. The van der Waals surface area contributed by atoms with Crippen molar-refractivity contribution in [1.29, 1.82) is 0 Å². The number of aliphatic hydroxyl groups excluding tert-OH is 1. The molecule has 0 aliphatic heterocycles. The van der Waals surface area contributed by atoms with Crippen molar-refractivity contribution in [3.05, 3.63) is 33.0 Å². The number of aliphatic hydroxyl groups is 1. The Morgan fingerprint density at radius 3 is 2.67 bits per heavy atom. The third kappa shape index (κ3) is 1.15. The van der Waals surface area contributed by atoms with Gasteiger partial charge in [0.1, 0.15) is 17.1 Å². The molecule has 1 aliphatic rings. The normalized spacial score (nSPS) is 19.5. The van der Waals surface area contributed by atoms with E-state index in [0.29, 0.717) is 17.1 Å². The summed E-state index contributed by atoms with van der Waals surface area (Å²) in [6.45, 7) is 3.44. The summed E-state index contributed by atoms with van der Waals surface area (Å²) in [7, 11) is 7.46. The second-order valence-corrected chi connectivity index (χ2v) is 3.79. The predicted octanol–water partition coefficient (Wildman–Crippen LogP) is 0.601. The molecule has 0 aromatic carbocycles. The molecule has 1 aromatic heterocycles. The highest BCUT2D eigenvalue weighted by Gasteiger charge is 2.30. The average Bonchev–Trinajstić information content (AvgIpc) is 2.40. The maximum absolute atomic E-state index is 11.9. The van der Waals surface area contributed by atoms with Gasteiger partial charge in [0, 0.05) is 7.05 Å². The molecule has 1 N–H and O–H groups in total. The summed E-state index contributed by atoms with van der Waals surface area (Å²) < 4.78 is 1.40. The van der Waals surface area contributed by atoms with E-state index in [0.717, 1.165) is 0 Å². The van der Waals surface area contributed by atoms with Crippen LogP contribution in [0.15, 0.2) is 10.4 Å². The SMILES string of the molecule is [B]C1C(C)=C(O)c2c1nc(C)n(C)c2=O. The van der Waals surface area contributed by atoms with Gasteiger partial charge in [0.2, 0.25) is 0 Å². The molecule has 0 saturated carbocycles. The van der Waals surface area contributed by atoms with Gasteiger partial charge in [-0.3, -0.25) is 9.36 Å². The number of aryl methyl sites for hydroxylation is 1. The van der Waals surface area contributed by atoms with Gasteiger partial charge in [-0.05, 0) is 25.2 Å². The van der Waals surface area contributed by atoms with E-state index < -0.39 is 5.82 Å². The third-order valence-electron chi connectivity index (χ3n) is 2.91. The third-order valence-corrected chi connectivity index (χ3v) is 2.91. The van der Waals surface area contributed by atoms with Crippen LogP contribution in [0.5, 0.6) is 0 Å². The first kappa shape index (κ1) is 10.0. The fourth-order valence-electron chi connectivity index (χ4n) is 1.73. The van der Waals surface area contributed by atoms with Gasteiger partial charge in [0.15, 0.2) is 0 Å². The zero-order valence-electron chi connectivity index (χ0n) is 8.90. The Morgan fingerprint density at radius 2 is 2.07 bits per heavy atom. The van der Waals surface area contributed by atoms with E-state index in [-0.39, 0.29) is 16.9 Å². The van der Waals surface area contributed by atoms with Gasteiger partial charge in [-0.15, -0.1) is 0 Å². The van der Waals surface area contributed by atoms with Gasteiger partial charge in [0.05, 0.1) is 13.5 Å². The summed E-state index contributed by atoms with van der Waals surface area (Å²) >= 11 is 0. The molecular formula is C10H11BN2O2. The van der Waals surface area contributed by atoms with Crippen LogP contribution < -0.4 is 5.56 Å². The Labute approximate surface area is 88.7 Å². The minimum Gasteiger partial charge on any atom is -0.507 e. The lowest BCUT2D eigenvalue weighted by atomic mass is 9.81. The van der Waals surface area contributed by atoms with Gasteiger partial charge in [0.25, 0.3) is 5.56 Å². The van der Waals surface area contributed by atoms with Crippen LogP contribution in [0.4, 0.5) is 0 Å². The largest absolute Gasteiger partial charge is 0.507 e. The summed E-state index contributed by atoms with van der Waals surface area (Å²) in [6.07, 6.45) is 0. The molecule has 5 heteroatoms.